The van der Waals surface area contributed by atoms with Gasteiger partial charge < -0.3 is 9.47 Å². The number of nitriles is 1. The maximum absolute atomic E-state index is 12.6. The van der Waals surface area contributed by atoms with Crippen LogP contribution >= 0.6 is 23.2 Å². The number of halogens is 4. The van der Waals surface area contributed by atoms with Crippen LogP contribution in [0.5, 0.6) is 5.75 Å². The molecule has 1 aliphatic heterocycles. The van der Waals surface area contributed by atoms with Gasteiger partial charge in [0.25, 0.3) is 0 Å². The van der Waals surface area contributed by atoms with Crippen LogP contribution in [0.15, 0.2) is 70.2 Å². The number of benzene rings is 2. The summed E-state index contributed by atoms with van der Waals surface area (Å²) in [6.45, 7) is 0.854. The van der Waals surface area contributed by atoms with Crippen LogP contribution in [0.3, 0.4) is 0 Å². The maximum Gasteiger partial charge on any atom is 0.433 e. The Hall–Kier alpha value is -4.01. The topological polar surface area (TPSA) is 112 Å². The van der Waals surface area contributed by atoms with E-state index < -0.39 is 12.7 Å². The summed E-state index contributed by atoms with van der Waals surface area (Å²) in [5.41, 5.74) is 1.62. The highest BCUT2D eigenvalue weighted by atomic mass is 35.5. The second-order valence-electron chi connectivity index (χ2n) is 7.70. The van der Waals surface area contributed by atoms with E-state index in [1.54, 1.807) is 24.3 Å². The number of carbonyl (C=O) groups is 1. The zero-order chi connectivity index (χ0) is 27.5. The highest BCUT2D eigenvalue weighted by molar-refractivity contribution is 6.42. The highest BCUT2D eigenvalue weighted by Gasteiger charge is 2.30. The molecule has 0 spiro atoms. The smallest absolute Gasteiger partial charge is 0.433 e. The van der Waals surface area contributed by atoms with Crippen LogP contribution in [0.2, 0.25) is 10.0 Å². The van der Waals surface area contributed by atoms with E-state index in [4.69, 9.17) is 27.9 Å². The van der Waals surface area contributed by atoms with Gasteiger partial charge in [-0.25, -0.2) is 14.8 Å². The Bertz CT molecular complexity index is 1300. The van der Waals surface area contributed by atoms with Crippen molar-refractivity contribution in [3.05, 3.63) is 70.7 Å². The molecule has 0 radical (unpaired) electrons. The van der Waals surface area contributed by atoms with Crippen molar-refractivity contribution in [3.8, 4) is 11.9 Å². The molecule has 0 saturated heterocycles. The predicted octanol–water partition coefficient (Wildman–Crippen LogP) is 6.16. The maximum atomic E-state index is 12.6. The van der Waals surface area contributed by atoms with Crippen LogP contribution in [0, 0.1) is 17.4 Å². The molecule has 2 aromatic rings. The van der Waals surface area contributed by atoms with Gasteiger partial charge in [0, 0.05) is 18.2 Å². The van der Waals surface area contributed by atoms with E-state index in [2.05, 4.69) is 31.7 Å². The van der Waals surface area contributed by atoms with Gasteiger partial charge in [0.15, 0.2) is 6.19 Å². The molecule has 0 saturated carbocycles. The number of carbonyl (C=O) groups excluding carboxylic acids is 1. The third-order valence-corrected chi connectivity index (χ3v) is 5.82. The zero-order valence-corrected chi connectivity index (χ0v) is 21.4. The third-order valence-electron chi connectivity index (χ3n) is 5.08. The van der Waals surface area contributed by atoms with E-state index in [9.17, 15) is 18.8 Å². The summed E-state index contributed by atoms with van der Waals surface area (Å²) in [7, 11) is 0. The van der Waals surface area contributed by atoms with E-state index in [0.717, 1.165) is 0 Å². The lowest BCUT2D eigenvalue weighted by Gasteiger charge is -2.16. The number of hydrogen-bond donors (Lipinski definition) is 1. The van der Waals surface area contributed by atoms with Crippen molar-refractivity contribution in [1.29, 1.82) is 5.26 Å². The van der Waals surface area contributed by atoms with Crippen molar-refractivity contribution < 1.29 is 23.0 Å². The average Bonchev–Trinajstić information content (AvgIpc) is 3.30. The van der Waals surface area contributed by atoms with Gasteiger partial charge in [0.05, 0.1) is 28.0 Å². The van der Waals surface area contributed by atoms with E-state index in [0.29, 0.717) is 40.7 Å². The molecular weight excluding hydrogens is 541 g/mol. The number of nitrogens with one attached hydrogen (secondary N) is 1. The summed E-state index contributed by atoms with van der Waals surface area (Å²) in [6, 6.07) is 10.8. The molecule has 3 rings (SSSR count). The monoisotopic (exact) mass is 562 g/mol. The van der Waals surface area contributed by atoms with Gasteiger partial charge >= 0.3 is 12.7 Å². The molecule has 1 unspecified atom stereocenters. The number of hydrogen-bond acceptors (Lipinski definition) is 6. The summed E-state index contributed by atoms with van der Waals surface area (Å²) < 4.78 is 34.5. The first-order chi connectivity index (χ1) is 18.3. The van der Waals surface area contributed by atoms with E-state index in [1.165, 1.54) is 35.5 Å². The van der Waals surface area contributed by atoms with Crippen LogP contribution in [-0.4, -0.2) is 48.8 Å². The Morgan fingerprint density at radius 3 is 2.84 bits per heavy atom. The molecule has 9 nitrogen and oxygen atoms in total. The number of hydrazone groups is 1. The van der Waals surface area contributed by atoms with Crippen molar-refractivity contribution in [2.75, 3.05) is 13.2 Å². The van der Waals surface area contributed by atoms with Gasteiger partial charge in [-0.1, -0.05) is 48.0 Å². The molecule has 1 heterocycles. The van der Waals surface area contributed by atoms with Crippen molar-refractivity contribution in [2.45, 2.75) is 19.5 Å². The van der Waals surface area contributed by atoms with Crippen LogP contribution in [0.4, 0.5) is 19.3 Å². The van der Waals surface area contributed by atoms with Gasteiger partial charge in [0.1, 0.15) is 12.4 Å². The summed E-state index contributed by atoms with van der Waals surface area (Å²) in [5.74, 6) is -0.187. The molecule has 1 atom stereocenters. The van der Waals surface area contributed by atoms with Crippen LogP contribution < -0.4 is 10.1 Å². The van der Waals surface area contributed by atoms with Crippen LogP contribution in [0.1, 0.15) is 18.4 Å². The largest absolute Gasteiger partial charge is 0.444 e. The Labute approximate surface area is 227 Å². The van der Waals surface area contributed by atoms with Gasteiger partial charge in [-0.2, -0.15) is 24.1 Å². The fourth-order valence-corrected chi connectivity index (χ4v) is 3.79. The molecule has 13 heteroatoms. The van der Waals surface area contributed by atoms with E-state index >= 15 is 0 Å². The van der Waals surface area contributed by atoms with Crippen molar-refractivity contribution in [2.24, 2.45) is 21.0 Å². The molecule has 2 aromatic carbocycles. The molecule has 1 aliphatic rings. The van der Waals surface area contributed by atoms with Gasteiger partial charge in [0.2, 0.25) is 5.96 Å². The Morgan fingerprint density at radius 1 is 1.32 bits per heavy atom. The number of guanidine groups is 1. The normalized spacial score (nSPS) is 15.4. The lowest BCUT2D eigenvalue weighted by Crippen LogP contribution is -2.35. The van der Waals surface area contributed by atoms with Gasteiger partial charge in [-0.3, -0.25) is 5.32 Å². The van der Waals surface area contributed by atoms with Crippen molar-refractivity contribution in [1.82, 2.24) is 10.3 Å². The number of ether oxygens (including phenoxy) is 2. The molecule has 0 bridgehead atoms. The van der Waals surface area contributed by atoms with Crippen molar-refractivity contribution >= 4 is 52.9 Å². The fourth-order valence-electron chi connectivity index (χ4n) is 3.49. The minimum Gasteiger partial charge on any atom is -0.444 e. The number of aliphatic imine (C=N–C) groups is 2. The average molecular weight is 563 g/mol. The SMILES string of the molecule is C=CCOC(=O)/N=C\CCC1CN(C(=Nc2cccc(OC(F)F)c2)NC#N)N=C1c1ccc(Cl)c(Cl)c1. The molecular formula is C25H22Cl2F2N6O3. The predicted molar refractivity (Wildman–Crippen MR) is 141 cm³/mol. The molecule has 0 aromatic heterocycles. The number of rotatable bonds is 9. The fraction of sp³-hybridized carbons (Fsp3) is 0.240. The summed E-state index contributed by atoms with van der Waals surface area (Å²) in [6.07, 6.45) is 4.95. The number of alkyl halides is 2. The quantitative estimate of drug-likeness (QED) is 0.129. The van der Waals surface area contributed by atoms with E-state index in [-0.39, 0.29) is 29.9 Å². The van der Waals surface area contributed by atoms with Gasteiger partial charge in [-0.15, -0.1) is 0 Å². The standard InChI is InChI=1S/C25H22Cl2F2N6O3/c1-2-11-37-25(36)31-10-4-5-17-14-35(34-22(17)16-8-9-20(26)21(27)12-16)24(32-15-30)33-18-6-3-7-19(13-18)38-23(28)29/h2-3,6-10,12-13,17,23H,1,4-5,11,14H2,(H,32,33)/b31-10-. The minimum atomic E-state index is -2.99. The molecule has 0 fully saturated rings. The lowest BCUT2D eigenvalue weighted by molar-refractivity contribution is -0.0498. The van der Waals surface area contributed by atoms with E-state index in [1.807, 2.05) is 6.19 Å². The second kappa shape index (κ2) is 14.1. The Balaban J connectivity index is 1.87. The molecule has 1 amide bonds. The second-order valence-corrected chi connectivity index (χ2v) is 8.51. The Kier molecular flexibility index (Phi) is 10.6. The first kappa shape index (κ1) is 28.6. The molecule has 38 heavy (non-hydrogen) atoms. The zero-order valence-electron chi connectivity index (χ0n) is 19.9. The first-order valence-corrected chi connectivity index (χ1v) is 12.0. The molecule has 1 N–H and O–H groups in total. The number of amides is 1. The summed E-state index contributed by atoms with van der Waals surface area (Å²) >= 11 is 12.3. The highest BCUT2D eigenvalue weighted by Crippen LogP contribution is 2.29. The number of nitrogens with zero attached hydrogens (tertiary/aromatic N) is 5. The third kappa shape index (κ3) is 8.26. The van der Waals surface area contributed by atoms with Crippen LogP contribution in [-0.2, 0) is 4.74 Å². The van der Waals surface area contributed by atoms with Gasteiger partial charge in [-0.05, 0) is 42.7 Å². The lowest BCUT2D eigenvalue weighted by atomic mass is 9.93. The summed E-state index contributed by atoms with van der Waals surface area (Å²) in [4.78, 5) is 19.7. The minimum absolute atomic E-state index is 0.0626. The summed E-state index contributed by atoms with van der Waals surface area (Å²) in [5, 5.41) is 18.7. The van der Waals surface area contributed by atoms with Crippen molar-refractivity contribution in [3.63, 3.8) is 0 Å². The Morgan fingerprint density at radius 2 is 2.13 bits per heavy atom. The van der Waals surface area contributed by atoms with Crippen LogP contribution in [0.25, 0.3) is 0 Å². The molecule has 0 aliphatic carbocycles. The first-order valence-electron chi connectivity index (χ1n) is 11.2. The molecule has 198 valence electrons.